The molecule has 0 radical (unpaired) electrons. The molecule has 0 saturated carbocycles. The van der Waals surface area contributed by atoms with Crippen LogP contribution >= 0.6 is 0 Å². The number of ether oxygens (including phenoxy) is 1. The topological polar surface area (TPSA) is 29.5 Å². The molecule has 2 atom stereocenters. The minimum atomic E-state index is -1.28. The van der Waals surface area contributed by atoms with Gasteiger partial charge in [0.05, 0.1) is 12.7 Å². The van der Waals surface area contributed by atoms with E-state index in [2.05, 4.69) is 6.58 Å². The SMILES string of the molecule is C=C(C)C(O)(C1=CC(C)=C(F)CC1)[C@H](C)OCc1ccccc1. The van der Waals surface area contributed by atoms with Crippen molar-refractivity contribution >= 4 is 0 Å². The molecule has 1 N–H and O–H groups in total. The molecule has 23 heavy (non-hydrogen) atoms. The molecule has 124 valence electrons. The summed E-state index contributed by atoms with van der Waals surface area (Å²) in [4.78, 5) is 0. The van der Waals surface area contributed by atoms with E-state index >= 15 is 0 Å². The molecule has 0 bridgehead atoms. The zero-order valence-electron chi connectivity index (χ0n) is 14.1. The van der Waals surface area contributed by atoms with E-state index in [1.807, 2.05) is 37.3 Å². The van der Waals surface area contributed by atoms with Gasteiger partial charge in [0.1, 0.15) is 11.4 Å². The van der Waals surface area contributed by atoms with Crippen LogP contribution in [-0.2, 0) is 11.3 Å². The summed E-state index contributed by atoms with van der Waals surface area (Å²) in [5, 5.41) is 11.2. The molecule has 0 heterocycles. The van der Waals surface area contributed by atoms with Gasteiger partial charge in [-0.05, 0) is 49.5 Å². The third kappa shape index (κ3) is 3.80. The fraction of sp³-hybridized carbons (Fsp3) is 0.400. The van der Waals surface area contributed by atoms with Gasteiger partial charge in [-0.3, -0.25) is 0 Å². The van der Waals surface area contributed by atoms with Crippen molar-refractivity contribution in [3.05, 3.63) is 71.1 Å². The first-order valence-electron chi connectivity index (χ1n) is 7.96. The van der Waals surface area contributed by atoms with Gasteiger partial charge in [0.15, 0.2) is 0 Å². The lowest BCUT2D eigenvalue weighted by Gasteiger charge is -2.38. The van der Waals surface area contributed by atoms with Crippen molar-refractivity contribution in [1.29, 1.82) is 0 Å². The highest BCUT2D eigenvalue weighted by atomic mass is 19.1. The first-order valence-corrected chi connectivity index (χ1v) is 7.96. The van der Waals surface area contributed by atoms with Crippen molar-refractivity contribution in [2.24, 2.45) is 0 Å². The Morgan fingerprint density at radius 2 is 2.00 bits per heavy atom. The standard InChI is InChI=1S/C20H25FO2/c1-14(2)20(22,18-10-11-19(21)15(3)12-18)16(4)23-13-17-8-6-5-7-9-17/h5-9,12,16,22H,1,10-11,13H2,2-4H3/t16-,20?/m0/s1. The van der Waals surface area contributed by atoms with E-state index in [-0.39, 0.29) is 5.83 Å². The second-order valence-corrected chi connectivity index (χ2v) is 6.24. The minimum Gasteiger partial charge on any atom is -0.378 e. The molecular weight excluding hydrogens is 291 g/mol. The largest absolute Gasteiger partial charge is 0.378 e. The summed E-state index contributed by atoms with van der Waals surface area (Å²) in [5.41, 5.74) is 1.71. The van der Waals surface area contributed by atoms with Crippen molar-refractivity contribution in [3.8, 4) is 0 Å². The summed E-state index contributed by atoms with van der Waals surface area (Å²) in [6, 6.07) is 9.82. The van der Waals surface area contributed by atoms with Crippen LogP contribution in [0.1, 0.15) is 39.2 Å². The highest BCUT2D eigenvalue weighted by Crippen LogP contribution is 2.38. The molecule has 0 spiro atoms. The molecule has 1 aromatic rings. The van der Waals surface area contributed by atoms with Gasteiger partial charge >= 0.3 is 0 Å². The van der Waals surface area contributed by atoms with Gasteiger partial charge < -0.3 is 9.84 Å². The Kier molecular flexibility index (Phi) is 5.55. The molecule has 1 aromatic carbocycles. The number of halogens is 1. The molecule has 2 rings (SSSR count). The number of rotatable bonds is 6. The normalized spacial score (nSPS) is 19.1. The summed E-state index contributed by atoms with van der Waals surface area (Å²) in [6.45, 7) is 9.70. The maximum Gasteiger partial charge on any atom is 0.132 e. The Morgan fingerprint density at radius 1 is 1.35 bits per heavy atom. The van der Waals surface area contributed by atoms with Crippen molar-refractivity contribution < 1.29 is 14.2 Å². The van der Waals surface area contributed by atoms with Crippen LogP contribution in [0.15, 0.2) is 65.5 Å². The Labute approximate surface area is 138 Å². The number of allylic oxidation sites excluding steroid dienone is 3. The van der Waals surface area contributed by atoms with E-state index in [0.29, 0.717) is 30.6 Å². The Bertz CT molecular complexity index is 630. The lowest BCUT2D eigenvalue weighted by molar-refractivity contribution is -0.0663. The number of hydrogen-bond donors (Lipinski definition) is 1. The molecule has 0 aliphatic heterocycles. The van der Waals surface area contributed by atoms with E-state index < -0.39 is 11.7 Å². The summed E-state index contributed by atoms with van der Waals surface area (Å²) < 4.78 is 19.5. The average molecular weight is 316 g/mol. The molecule has 0 amide bonds. The molecular formula is C20H25FO2. The molecule has 0 saturated heterocycles. The second kappa shape index (κ2) is 7.24. The van der Waals surface area contributed by atoms with Crippen molar-refractivity contribution in [2.75, 3.05) is 0 Å². The van der Waals surface area contributed by atoms with Crippen LogP contribution in [-0.4, -0.2) is 16.8 Å². The van der Waals surface area contributed by atoms with Gasteiger partial charge in [0, 0.05) is 6.42 Å². The molecule has 1 aliphatic carbocycles. The number of benzene rings is 1. The van der Waals surface area contributed by atoms with E-state index in [1.165, 1.54) is 0 Å². The highest BCUT2D eigenvalue weighted by Gasteiger charge is 2.40. The van der Waals surface area contributed by atoms with Crippen LogP contribution in [0.25, 0.3) is 0 Å². The first kappa shape index (κ1) is 17.6. The zero-order chi connectivity index (χ0) is 17.0. The fourth-order valence-electron chi connectivity index (χ4n) is 2.95. The zero-order valence-corrected chi connectivity index (χ0v) is 14.1. The first-order chi connectivity index (χ1) is 10.9. The van der Waals surface area contributed by atoms with Crippen LogP contribution in [0.5, 0.6) is 0 Å². The molecule has 2 nitrogen and oxygen atoms in total. The van der Waals surface area contributed by atoms with Gasteiger partial charge in [-0.2, -0.15) is 0 Å². The van der Waals surface area contributed by atoms with Gasteiger partial charge in [0.25, 0.3) is 0 Å². The Balaban J connectivity index is 2.20. The van der Waals surface area contributed by atoms with Crippen LogP contribution in [0.2, 0.25) is 0 Å². The summed E-state index contributed by atoms with van der Waals surface area (Å²) >= 11 is 0. The van der Waals surface area contributed by atoms with Gasteiger partial charge in [-0.1, -0.05) is 43.0 Å². The number of aliphatic hydroxyl groups is 1. The lowest BCUT2D eigenvalue weighted by atomic mass is 9.78. The van der Waals surface area contributed by atoms with Crippen molar-refractivity contribution in [2.45, 2.75) is 51.9 Å². The summed E-state index contributed by atoms with van der Waals surface area (Å²) in [7, 11) is 0. The van der Waals surface area contributed by atoms with Gasteiger partial charge in [-0.15, -0.1) is 0 Å². The lowest BCUT2D eigenvalue weighted by Crippen LogP contribution is -2.45. The highest BCUT2D eigenvalue weighted by molar-refractivity contribution is 5.40. The van der Waals surface area contributed by atoms with Crippen LogP contribution in [0, 0.1) is 0 Å². The van der Waals surface area contributed by atoms with Crippen LogP contribution in [0.3, 0.4) is 0 Å². The molecule has 0 aromatic heterocycles. The second-order valence-electron chi connectivity index (χ2n) is 6.24. The van der Waals surface area contributed by atoms with E-state index in [1.54, 1.807) is 19.9 Å². The van der Waals surface area contributed by atoms with Gasteiger partial charge in [0.2, 0.25) is 0 Å². The maximum absolute atomic E-state index is 13.6. The third-order valence-electron chi connectivity index (χ3n) is 4.50. The third-order valence-corrected chi connectivity index (χ3v) is 4.50. The molecule has 1 aliphatic rings. The van der Waals surface area contributed by atoms with Crippen LogP contribution < -0.4 is 0 Å². The van der Waals surface area contributed by atoms with E-state index in [4.69, 9.17) is 4.74 Å². The van der Waals surface area contributed by atoms with Gasteiger partial charge in [-0.25, -0.2) is 4.39 Å². The predicted octanol–water partition coefficient (Wildman–Crippen LogP) is 4.86. The smallest absolute Gasteiger partial charge is 0.132 e. The average Bonchev–Trinajstić information content (AvgIpc) is 2.55. The maximum atomic E-state index is 13.6. The summed E-state index contributed by atoms with van der Waals surface area (Å²) in [6.07, 6.45) is 2.06. The molecule has 0 fully saturated rings. The van der Waals surface area contributed by atoms with E-state index in [0.717, 1.165) is 11.1 Å². The summed E-state index contributed by atoms with van der Waals surface area (Å²) in [5.74, 6) is -0.115. The van der Waals surface area contributed by atoms with E-state index in [9.17, 15) is 9.50 Å². The quantitative estimate of drug-likeness (QED) is 0.759. The minimum absolute atomic E-state index is 0.115. The monoisotopic (exact) mass is 316 g/mol. The Hall–Kier alpha value is -1.71. The van der Waals surface area contributed by atoms with Crippen LogP contribution in [0.4, 0.5) is 4.39 Å². The van der Waals surface area contributed by atoms with Crippen molar-refractivity contribution in [1.82, 2.24) is 0 Å². The predicted molar refractivity (Wildman–Crippen MR) is 91.6 cm³/mol. The fourth-order valence-corrected chi connectivity index (χ4v) is 2.95. The Morgan fingerprint density at radius 3 is 2.57 bits per heavy atom. The molecule has 1 unspecified atom stereocenters. The number of hydrogen-bond acceptors (Lipinski definition) is 2. The van der Waals surface area contributed by atoms with Crippen molar-refractivity contribution in [3.63, 3.8) is 0 Å². The molecule has 3 heteroatoms.